The van der Waals surface area contributed by atoms with Crippen LogP contribution < -0.4 is 19.1 Å². The Hall–Kier alpha value is -3.47. The van der Waals surface area contributed by atoms with Crippen LogP contribution in [0, 0.1) is 0 Å². The van der Waals surface area contributed by atoms with Gasteiger partial charge in [0, 0.05) is 23.5 Å². The quantitative estimate of drug-likeness (QED) is 0.640. The van der Waals surface area contributed by atoms with E-state index in [2.05, 4.69) is 9.89 Å². The molecule has 0 radical (unpaired) electrons. The summed E-state index contributed by atoms with van der Waals surface area (Å²) in [6, 6.07) is 21.6. The van der Waals surface area contributed by atoms with Crippen molar-refractivity contribution in [2.24, 2.45) is 4.99 Å². The van der Waals surface area contributed by atoms with Gasteiger partial charge in [-0.2, -0.15) is 0 Å². The number of aliphatic imine (C=N–C) groups is 1. The molecule has 5 heteroatoms. The van der Waals surface area contributed by atoms with Crippen LogP contribution in [0.25, 0.3) is 0 Å². The molecule has 136 valence electrons. The van der Waals surface area contributed by atoms with Crippen LogP contribution in [0.2, 0.25) is 0 Å². The second-order valence-electron chi connectivity index (χ2n) is 6.06. The van der Waals surface area contributed by atoms with Gasteiger partial charge in [-0.15, -0.1) is 0 Å². The van der Waals surface area contributed by atoms with Crippen LogP contribution >= 0.6 is 0 Å². The smallest absolute Gasteiger partial charge is 0.162 e. The van der Waals surface area contributed by atoms with Crippen molar-refractivity contribution >= 4 is 17.6 Å². The van der Waals surface area contributed by atoms with Crippen molar-refractivity contribution in [1.29, 1.82) is 0 Å². The number of rotatable bonds is 5. The lowest BCUT2D eigenvalue weighted by Crippen LogP contribution is -2.22. The minimum Gasteiger partial charge on any atom is -0.493 e. The molecule has 0 aliphatic carbocycles. The van der Waals surface area contributed by atoms with E-state index in [1.54, 1.807) is 14.2 Å². The van der Waals surface area contributed by atoms with Crippen LogP contribution in [0.5, 0.6) is 23.0 Å². The Kier molecular flexibility index (Phi) is 4.66. The first-order valence-corrected chi connectivity index (χ1v) is 8.65. The molecule has 0 fully saturated rings. The first kappa shape index (κ1) is 17.0. The molecular formula is C22H20N2O3. The number of hydrogen-bond donors (Lipinski definition) is 0. The lowest BCUT2D eigenvalue weighted by molar-refractivity contribution is 0.355. The number of methoxy groups -OCH3 is 2. The molecule has 1 aliphatic rings. The fourth-order valence-electron chi connectivity index (χ4n) is 3.06. The van der Waals surface area contributed by atoms with E-state index in [4.69, 9.17) is 14.2 Å². The van der Waals surface area contributed by atoms with Gasteiger partial charge in [-0.1, -0.05) is 18.2 Å². The van der Waals surface area contributed by atoms with E-state index in [-0.39, 0.29) is 0 Å². The van der Waals surface area contributed by atoms with Crippen LogP contribution in [0.1, 0.15) is 5.56 Å². The summed E-state index contributed by atoms with van der Waals surface area (Å²) in [5, 5.41) is 0. The van der Waals surface area contributed by atoms with Gasteiger partial charge >= 0.3 is 0 Å². The Morgan fingerprint density at radius 3 is 2.19 bits per heavy atom. The zero-order valence-corrected chi connectivity index (χ0v) is 15.3. The number of fused-ring (bicyclic) bond motifs is 1. The number of ether oxygens (including phenoxy) is 3. The summed E-state index contributed by atoms with van der Waals surface area (Å²) in [6.45, 7) is 0.543. The summed E-state index contributed by atoms with van der Waals surface area (Å²) in [5.41, 5.74) is 3.05. The van der Waals surface area contributed by atoms with Gasteiger partial charge in [-0.05, 0) is 42.5 Å². The normalized spacial score (nSPS) is 12.4. The highest BCUT2D eigenvalue weighted by Crippen LogP contribution is 2.39. The highest BCUT2D eigenvalue weighted by atomic mass is 16.5. The molecule has 27 heavy (non-hydrogen) atoms. The predicted molar refractivity (Wildman–Crippen MR) is 107 cm³/mol. The minimum absolute atomic E-state index is 0.543. The molecule has 0 saturated carbocycles. The molecule has 0 aromatic heterocycles. The second kappa shape index (κ2) is 7.41. The van der Waals surface area contributed by atoms with E-state index in [0.29, 0.717) is 18.2 Å². The SMILES string of the molecule is COc1cc2c(cc1OC)N(c1ccc(Oc3ccccc3)cc1)CN=C2. The topological polar surface area (TPSA) is 43.3 Å². The van der Waals surface area contributed by atoms with E-state index in [9.17, 15) is 0 Å². The maximum absolute atomic E-state index is 5.87. The highest BCUT2D eigenvalue weighted by molar-refractivity contribution is 5.93. The molecule has 4 rings (SSSR count). The van der Waals surface area contributed by atoms with E-state index in [0.717, 1.165) is 28.4 Å². The fourth-order valence-corrected chi connectivity index (χ4v) is 3.06. The first-order valence-electron chi connectivity index (χ1n) is 8.65. The summed E-state index contributed by atoms with van der Waals surface area (Å²) < 4.78 is 16.7. The Bertz CT molecular complexity index is 953. The van der Waals surface area contributed by atoms with Gasteiger partial charge in [0.2, 0.25) is 0 Å². The lowest BCUT2D eigenvalue weighted by atomic mass is 10.1. The molecule has 0 spiro atoms. The van der Waals surface area contributed by atoms with Crippen LogP contribution in [-0.4, -0.2) is 27.1 Å². The number of benzene rings is 3. The number of hydrogen-bond acceptors (Lipinski definition) is 5. The maximum Gasteiger partial charge on any atom is 0.162 e. The van der Waals surface area contributed by atoms with E-state index in [1.807, 2.05) is 72.9 Å². The number of anilines is 2. The zero-order valence-electron chi connectivity index (χ0n) is 15.3. The molecule has 0 atom stereocenters. The molecule has 1 aliphatic heterocycles. The predicted octanol–water partition coefficient (Wildman–Crippen LogP) is 5.02. The van der Waals surface area contributed by atoms with E-state index >= 15 is 0 Å². The second-order valence-corrected chi connectivity index (χ2v) is 6.06. The van der Waals surface area contributed by atoms with Crippen molar-refractivity contribution < 1.29 is 14.2 Å². The average molecular weight is 360 g/mol. The molecule has 0 amide bonds. The van der Waals surface area contributed by atoms with E-state index in [1.165, 1.54) is 0 Å². The molecule has 3 aromatic carbocycles. The van der Waals surface area contributed by atoms with Gasteiger partial charge in [0.15, 0.2) is 11.5 Å². The van der Waals surface area contributed by atoms with Gasteiger partial charge in [-0.25, -0.2) is 0 Å². The third-order valence-corrected chi connectivity index (χ3v) is 4.40. The standard InChI is InChI=1S/C22H20N2O3/c1-25-21-12-16-14-23-15-24(20(16)13-22(21)26-2)17-8-10-19(11-9-17)27-18-6-4-3-5-7-18/h3-14H,15H2,1-2H3. The molecule has 3 aromatic rings. The Balaban J connectivity index is 1.62. The third kappa shape index (κ3) is 3.44. The molecule has 5 nitrogen and oxygen atoms in total. The highest BCUT2D eigenvalue weighted by Gasteiger charge is 2.19. The fraction of sp³-hybridized carbons (Fsp3) is 0.136. The van der Waals surface area contributed by atoms with Crippen LogP contribution in [0.15, 0.2) is 71.7 Å². The summed E-state index contributed by atoms with van der Waals surface area (Å²) >= 11 is 0. The Morgan fingerprint density at radius 1 is 0.815 bits per heavy atom. The van der Waals surface area contributed by atoms with Gasteiger partial charge in [0.1, 0.15) is 18.2 Å². The number of para-hydroxylation sites is 1. The lowest BCUT2D eigenvalue weighted by Gasteiger charge is -2.28. The van der Waals surface area contributed by atoms with Gasteiger partial charge in [0.05, 0.1) is 19.9 Å². The molecule has 1 heterocycles. The van der Waals surface area contributed by atoms with Crippen molar-refractivity contribution in [3.63, 3.8) is 0 Å². The zero-order chi connectivity index (χ0) is 18.6. The van der Waals surface area contributed by atoms with Crippen molar-refractivity contribution in [1.82, 2.24) is 0 Å². The summed E-state index contributed by atoms with van der Waals surface area (Å²) in [5.74, 6) is 2.99. The monoisotopic (exact) mass is 360 g/mol. The summed E-state index contributed by atoms with van der Waals surface area (Å²) in [4.78, 5) is 6.60. The molecule has 0 unspecified atom stereocenters. The summed E-state index contributed by atoms with van der Waals surface area (Å²) in [7, 11) is 3.27. The largest absolute Gasteiger partial charge is 0.493 e. The van der Waals surface area contributed by atoms with Gasteiger partial charge < -0.3 is 19.1 Å². The Morgan fingerprint density at radius 2 is 1.48 bits per heavy atom. The third-order valence-electron chi connectivity index (χ3n) is 4.40. The van der Waals surface area contributed by atoms with Crippen LogP contribution in [0.3, 0.4) is 0 Å². The van der Waals surface area contributed by atoms with Gasteiger partial charge in [0.25, 0.3) is 0 Å². The first-order chi connectivity index (χ1) is 13.3. The van der Waals surface area contributed by atoms with Crippen molar-refractivity contribution in [3.05, 3.63) is 72.3 Å². The maximum atomic E-state index is 5.87. The van der Waals surface area contributed by atoms with Crippen LogP contribution in [-0.2, 0) is 0 Å². The van der Waals surface area contributed by atoms with Crippen molar-refractivity contribution in [2.45, 2.75) is 0 Å². The molecular weight excluding hydrogens is 340 g/mol. The average Bonchev–Trinajstić information content (AvgIpc) is 2.73. The molecule has 0 saturated heterocycles. The Labute approximate surface area is 158 Å². The minimum atomic E-state index is 0.543. The van der Waals surface area contributed by atoms with Crippen LogP contribution in [0.4, 0.5) is 11.4 Å². The van der Waals surface area contributed by atoms with Gasteiger partial charge in [-0.3, -0.25) is 4.99 Å². The number of nitrogens with zero attached hydrogens (tertiary/aromatic N) is 2. The summed E-state index contributed by atoms with van der Waals surface area (Å²) in [6.07, 6.45) is 1.86. The van der Waals surface area contributed by atoms with Crippen molar-refractivity contribution in [3.8, 4) is 23.0 Å². The van der Waals surface area contributed by atoms with Crippen molar-refractivity contribution in [2.75, 3.05) is 25.8 Å². The molecule has 0 bridgehead atoms. The van der Waals surface area contributed by atoms with E-state index < -0.39 is 0 Å². The molecule has 0 N–H and O–H groups in total.